The number of carboxylic acid groups (broad SMARTS) is 1. The number of para-hydroxylation sites is 1. The normalized spacial score (nSPS) is 14.7. The number of hydrogen-bond donors (Lipinski definition) is 8. The van der Waals surface area contributed by atoms with Crippen molar-refractivity contribution in [3.63, 3.8) is 0 Å². The molecule has 2 aromatic rings. The quantitative estimate of drug-likeness (QED) is 0.0669. The van der Waals surface area contributed by atoms with Crippen molar-refractivity contribution in [2.75, 3.05) is 18.6 Å². The molecule has 232 valence electrons. The van der Waals surface area contributed by atoms with Gasteiger partial charge in [-0.15, -0.1) is 0 Å². The number of carboxylic acids is 1. The van der Waals surface area contributed by atoms with Gasteiger partial charge < -0.3 is 43.2 Å². The van der Waals surface area contributed by atoms with Gasteiger partial charge in [0.1, 0.15) is 18.1 Å². The summed E-state index contributed by atoms with van der Waals surface area (Å²) in [6, 6.07) is 3.47. The van der Waals surface area contributed by atoms with Crippen LogP contribution >= 0.6 is 11.8 Å². The summed E-state index contributed by atoms with van der Waals surface area (Å²) in [4.78, 5) is 58.8. The molecule has 0 radical (unpaired) electrons. The van der Waals surface area contributed by atoms with Crippen LogP contribution < -0.4 is 33.2 Å². The van der Waals surface area contributed by atoms with Gasteiger partial charge in [0, 0.05) is 30.1 Å². The minimum atomic E-state index is -1.15. The molecule has 0 spiro atoms. The molecule has 1 heterocycles. The van der Waals surface area contributed by atoms with Crippen LogP contribution in [0, 0.1) is 5.92 Å². The molecule has 0 aliphatic heterocycles. The summed E-state index contributed by atoms with van der Waals surface area (Å²) >= 11 is 1.47. The van der Waals surface area contributed by atoms with Crippen LogP contribution in [0.5, 0.6) is 0 Å². The SMILES string of the molecule is CCC(C)C(NC(=O)C(Cc1c[nH]c2ccccc12)NC(=O)C(N)CCCN=C(N)N)C(=O)NC(CCSC)C(=O)O. The number of carbonyl (C=O) groups excluding carboxylic acids is 3. The van der Waals surface area contributed by atoms with Crippen LogP contribution in [0.4, 0.5) is 0 Å². The number of aliphatic carboxylic acids is 1. The van der Waals surface area contributed by atoms with Crippen LogP contribution in [-0.4, -0.2) is 82.5 Å². The first-order chi connectivity index (χ1) is 20.0. The van der Waals surface area contributed by atoms with Gasteiger partial charge in [0.15, 0.2) is 5.96 Å². The maximum atomic E-state index is 13.7. The van der Waals surface area contributed by atoms with E-state index in [4.69, 9.17) is 17.2 Å². The summed E-state index contributed by atoms with van der Waals surface area (Å²) in [7, 11) is 0. The second-order valence-electron chi connectivity index (χ2n) is 10.2. The molecule has 42 heavy (non-hydrogen) atoms. The molecule has 1 aromatic heterocycles. The second-order valence-corrected chi connectivity index (χ2v) is 11.2. The molecule has 1 aromatic carbocycles. The average molecular weight is 605 g/mol. The van der Waals surface area contributed by atoms with Gasteiger partial charge in [-0.05, 0) is 48.8 Å². The van der Waals surface area contributed by atoms with Gasteiger partial charge in [0.25, 0.3) is 0 Å². The van der Waals surface area contributed by atoms with E-state index in [0.29, 0.717) is 25.1 Å². The molecule has 0 aliphatic carbocycles. The number of hydrogen-bond acceptors (Lipinski definition) is 7. The molecule has 0 saturated carbocycles. The van der Waals surface area contributed by atoms with E-state index in [1.165, 1.54) is 11.8 Å². The van der Waals surface area contributed by atoms with Crippen LogP contribution in [0.2, 0.25) is 0 Å². The van der Waals surface area contributed by atoms with Gasteiger partial charge >= 0.3 is 5.97 Å². The largest absolute Gasteiger partial charge is 0.480 e. The lowest BCUT2D eigenvalue weighted by Gasteiger charge is -2.28. The molecule has 0 aliphatic rings. The molecular formula is C28H44N8O5S. The molecule has 0 fully saturated rings. The number of rotatable bonds is 18. The number of aromatic amines is 1. The van der Waals surface area contributed by atoms with Gasteiger partial charge in [-0.1, -0.05) is 38.5 Å². The highest BCUT2D eigenvalue weighted by Crippen LogP contribution is 2.20. The van der Waals surface area contributed by atoms with Crippen LogP contribution in [0.25, 0.3) is 10.9 Å². The summed E-state index contributed by atoms with van der Waals surface area (Å²) in [5.41, 5.74) is 18.4. The molecule has 11 N–H and O–H groups in total. The van der Waals surface area contributed by atoms with E-state index < -0.39 is 47.9 Å². The third-order valence-electron chi connectivity index (χ3n) is 7.05. The number of thioether (sulfide) groups is 1. The number of carbonyl (C=O) groups is 4. The molecule has 0 bridgehead atoms. The molecule has 2 rings (SSSR count). The van der Waals surface area contributed by atoms with E-state index in [2.05, 4.69) is 25.9 Å². The number of benzene rings is 1. The van der Waals surface area contributed by atoms with E-state index >= 15 is 0 Å². The number of nitrogens with one attached hydrogen (secondary N) is 4. The summed E-state index contributed by atoms with van der Waals surface area (Å²) < 4.78 is 0. The Kier molecular flexibility index (Phi) is 14.1. The highest BCUT2D eigenvalue weighted by atomic mass is 32.2. The van der Waals surface area contributed by atoms with E-state index in [9.17, 15) is 24.3 Å². The van der Waals surface area contributed by atoms with Gasteiger partial charge in [0.05, 0.1) is 6.04 Å². The van der Waals surface area contributed by atoms with Crippen molar-refractivity contribution in [3.05, 3.63) is 36.0 Å². The zero-order chi connectivity index (χ0) is 31.2. The minimum absolute atomic E-state index is 0.0534. The summed E-state index contributed by atoms with van der Waals surface area (Å²) in [5.74, 6) is -2.69. The van der Waals surface area contributed by atoms with Crippen molar-refractivity contribution >= 4 is 52.3 Å². The van der Waals surface area contributed by atoms with Crippen LogP contribution in [0.15, 0.2) is 35.5 Å². The van der Waals surface area contributed by atoms with Crippen LogP contribution in [0.3, 0.4) is 0 Å². The summed E-state index contributed by atoms with van der Waals surface area (Å²) in [5, 5.41) is 18.6. The van der Waals surface area contributed by atoms with Gasteiger partial charge in [0.2, 0.25) is 17.7 Å². The van der Waals surface area contributed by atoms with Crippen molar-refractivity contribution in [1.29, 1.82) is 0 Å². The number of nitrogens with two attached hydrogens (primary N) is 3. The van der Waals surface area contributed by atoms with Crippen LogP contribution in [-0.2, 0) is 25.6 Å². The van der Waals surface area contributed by atoms with Crippen molar-refractivity contribution in [3.8, 4) is 0 Å². The van der Waals surface area contributed by atoms with E-state index in [1.807, 2.05) is 37.4 Å². The number of H-pyrrole nitrogens is 1. The molecule has 0 saturated heterocycles. The summed E-state index contributed by atoms with van der Waals surface area (Å²) in [6.07, 6.45) is 5.28. The standard InChI is InChI=1S/C28H44N8O5S/c1-4-16(2)23(26(39)34-21(27(40)41)11-13-42-3)36-25(38)22(14-17-15-33-20-10-6-5-8-18(17)20)35-24(37)19(29)9-7-12-32-28(30)31/h5-6,8,10,15-16,19,21-23,33H,4,7,9,11-14,29H2,1-3H3,(H,34,39)(H,35,37)(H,36,38)(H,40,41)(H4,30,31,32). The van der Waals surface area contributed by atoms with Crippen molar-refractivity contribution in [2.45, 2.75) is 70.1 Å². The second kappa shape index (κ2) is 17.2. The minimum Gasteiger partial charge on any atom is -0.480 e. The monoisotopic (exact) mass is 604 g/mol. The van der Waals surface area contributed by atoms with Gasteiger partial charge in [-0.25, -0.2) is 4.79 Å². The first-order valence-electron chi connectivity index (χ1n) is 14.0. The van der Waals surface area contributed by atoms with Crippen molar-refractivity contribution in [2.24, 2.45) is 28.1 Å². The molecule has 3 amide bonds. The Balaban J connectivity index is 2.27. The lowest BCUT2D eigenvalue weighted by Crippen LogP contribution is -2.59. The lowest BCUT2D eigenvalue weighted by molar-refractivity contribution is -0.142. The third-order valence-corrected chi connectivity index (χ3v) is 7.70. The number of aromatic nitrogens is 1. The molecule has 14 heteroatoms. The zero-order valence-corrected chi connectivity index (χ0v) is 25.2. The average Bonchev–Trinajstić information content (AvgIpc) is 3.37. The number of fused-ring (bicyclic) bond motifs is 1. The Labute approximate surface area is 250 Å². The Morgan fingerprint density at radius 1 is 1.02 bits per heavy atom. The molecule has 5 atom stereocenters. The predicted octanol–water partition coefficient (Wildman–Crippen LogP) is 0.430. The maximum absolute atomic E-state index is 13.7. The van der Waals surface area contributed by atoms with Crippen molar-refractivity contribution < 1.29 is 24.3 Å². The first-order valence-corrected chi connectivity index (χ1v) is 15.4. The van der Waals surface area contributed by atoms with E-state index in [0.717, 1.165) is 16.5 Å². The molecule has 5 unspecified atom stereocenters. The number of amides is 3. The highest BCUT2D eigenvalue weighted by Gasteiger charge is 2.33. The first kappa shape index (κ1) is 34.4. The Morgan fingerprint density at radius 2 is 1.71 bits per heavy atom. The van der Waals surface area contributed by atoms with Crippen molar-refractivity contribution in [1.82, 2.24) is 20.9 Å². The number of aliphatic imine (C=N–C) groups is 1. The van der Waals surface area contributed by atoms with Gasteiger partial charge in [-0.2, -0.15) is 11.8 Å². The van der Waals surface area contributed by atoms with Gasteiger partial charge in [-0.3, -0.25) is 19.4 Å². The Bertz CT molecular complexity index is 1230. The fraction of sp³-hybridized carbons (Fsp3) is 0.536. The topological polar surface area (TPSA) is 231 Å². The highest BCUT2D eigenvalue weighted by molar-refractivity contribution is 7.98. The van der Waals surface area contributed by atoms with E-state index in [-0.39, 0.29) is 31.1 Å². The molecule has 13 nitrogen and oxygen atoms in total. The lowest BCUT2D eigenvalue weighted by atomic mass is 9.96. The molecular weight excluding hydrogens is 560 g/mol. The number of guanidine groups is 1. The smallest absolute Gasteiger partial charge is 0.326 e. The predicted molar refractivity (Wildman–Crippen MR) is 166 cm³/mol. The van der Waals surface area contributed by atoms with Crippen LogP contribution in [0.1, 0.15) is 45.1 Å². The number of nitrogens with zero attached hydrogens (tertiary/aromatic N) is 1. The Hall–Kier alpha value is -3.78. The van der Waals surface area contributed by atoms with E-state index in [1.54, 1.807) is 13.1 Å². The Morgan fingerprint density at radius 3 is 2.36 bits per heavy atom. The fourth-order valence-corrected chi connectivity index (χ4v) is 4.84. The summed E-state index contributed by atoms with van der Waals surface area (Å²) in [6.45, 7) is 3.97. The fourth-order valence-electron chi connectivity index (χ4n) is 4.37. The third kappa shape index (κ3) is 10.6. The maximum Gasteiger partial charge on any atom is 0.326 e. The zero-order valence-electron chi connectivity index (χ0n) is 24.4.